The molecular formula is C12H15NO4S. The molecule has 5 nitrogen and oxygen atoms in total. The number of aliphatic carboxylic acids is 1. The van der Waals surface area contributed by atoms with Crippen molar-refractivity contribution in [3.05, 3.63) is 16.3 Å². The molecule has 0 unspecified atom stereocenters. The Kier molecular flexibility index (Phi) is 3.86. The largest absolute Gasteiger partial charge is 0.496 e. The Hall–Kier alpha value is -1.56. The average molecular weight is 269 g/mol. The van der Waals surface area contributed by atoms with E-state index in [1.165, 1.54) is 23.3 Å². The predicted molar refractivity (Wildman–Crippen MR) is 67.2 cm³/mol. The standard InChI is InChI=1S/C12H15NO4S/c1-17-8-6-10(18-7-8)11(14)13-5-3-2-4-9(13)12(15)16/h6-7,9H,2-5H2,1H3,(H,15,16)/t9-/m0/s1. The van der Waals surface area contributed by atoms with Crippen LogP contribution in [0.25, 0.3) is 0 Å². The molecule has 98 valence electrons. The van der Waals surface area contributed by atoms with Crippen LogP contribution in [-0.4, -0.2) is 41.6 Å². The van der Waals surface area contributed by atoms with Crippen molar-refractivity contribution < 1.29 is 19.4 Å². The minimum Gasteiger partial charge on any atom is -0.496 e. The van der Waals surface area contributed by atoms with Gasteiger partial charge in [-0.1, -0.05) is 0 Å². The molecule has 1 fully saturated rings. The summed E-state index contributed by atoms with van der Waals surface area (Å²) in [6.45, 7) is 0.510. The van der Waals surface area contributed by atoms with Gasteiger partial charge in [-0.05, 0) is 19.3 Å². The van der Waals surface area contributed by atoms with E-state index in [1.807, 2.05) is 0 Å². The summed E-state index contributed by atoms with van der Waals surface area (Å²) in [5, 5.41) is 10.9. The van der Waals surface area contributed by atoms with Gasteiger partial charge in [0.15, 0.2) is 0 Å². The van der Waals surface area contributed by atoms with Crippen LogP contribution in [0, 0.1) is 0 Å². The average Bonchev–Trinajstić information content (AvgIpc) is 2.86. The Labute approximate surface area is 109 Å². The number of carboxylic acids is 1. The molecule has 1 aromatic heterocycles. The Morgan fingerprint density at radius 1 is 1.50 bits per heavy atom. The number of rotatable bonds is 3. The lowest BCUT2D eigenvalue weighted by atomic mass is 10.0. The van der Waals surface area contributed by atoms with E-state index in [0.29, 0.717) is 23.6 Å². The summed E-state index contributed by atoms with van der Waals surface area (Å²) >= 11 is 1.28. The summed E-state index contributed by atoms with van der Waals surface area (Å²) in [5.41, 5.74) is 0. The lowest BCUT2D eigenvalue weighted by Crippen LogP contribution is -2.47. The molecule has 0 bridgehead atoms. The fourth-order valence-electron chi connectivity index (χ4n) is 2.11. The smallest absolute Gasteiger partial charge is 0.326 e. The minimum atomic E-state index is -0.924. The number of nitrogens with zero attached hydrogens (tertiary/aromatic N) is 1. The predicted octanol–water partition coefficient (Wildman–Crippen LogP) is 1.84. The van der Waals surface area contributed by atoms with Gasteiger partial charge in [0.1, 0.15) is 11.8 Å². The van der Waals surface area contributed by atoms with Gasteiger partial charge < -0.3 is 14.7 Å². The van der Waals surface area contributed by atoms with Crippen LogP contribution in [0.3, 0.4) is 0 Å². The third kappa shape index (κ3) is 2.48. The van der Waals surface area contributed by atoms with Crippen molar-refractivity contribution in [2.45, 2.75) is 25.3 Å². The van der Waals surface area contributed by atoms with Crippen molar-refractivity contribution >= 4 is 23.2 Å². The third-order valence-corrected chi connectivity index (χ3v) is 3.97. The first kappa shape index (κ1) is 12.9. The maximum absolute atomic E-state index is 12.3. The Morgan fingerprint density at radius 2 is 2.28 bits per heavy atom. The summed E-state index contributed by atoms with van der Waals surface area (Å²) in [5.74, 6) is -0.505. The van der Waals surface area contributed by atoms with Crippen molar-refractivity contribution in [3.63, 3.8) is 0 Å². The van der Waals surface area contributed by atoms with Gasteiger partial charge in [-0.3, -0.25) is 4.79 Å². The van der Waals surface area contributed by atoms with Crippen LogP contribution in [0.5, 0.6) is 5.75 Å². The van der Waals surface area contributed by atoms with Gasteiger partial charge in [0.25, 0.3) is 5.91 Å². The molecule has 1 saturated heterocycles. The molecule has 18 heavy (non-hydrogen) atoms. The van der Waals surface area contributed by atoms with Gasteiger partial charge in [0.05, 0.1) is 12.0 Å². The highest BCUT2D eigenvalue weighted by Gasteiger charge is 2.32. The van der Waals surface area contributed by atoms with E-state index in [4.69, 9.17) is 9.84 Å². The molecule has 0 aliphatic carbocycles. The number of ether oxygens (including phenoxy) is 1. The lowest BCUT2D eigenvalue weighted by molar-refractivity contribution is -0.143. The Morgan fingerprint density at radius 3 is 2.89 bits per heavy atom. The summed E-state index contributed by atoms with van der Waals surface area (Å²) in [6, 6.07) is 0.958. The number of hydrogen-bond acceptors (Lipinski definition) is 4. The Balaban J connectivity index is 2.17. The second-order valence-corrected chi connectivity index (χ2v) is 5.11. The molecule has 1 aliphatic rings. The van der Waals surface area contributed by atoms with Crippen LogP contribution in [0.1, 0.15) is 28.9 Å². The molecule has 1 N–H and O–H groups in total. The molecular weight excluding hydrogens is 254 g/mol. The molecule has 6 heteroatoms. The van der Waals surface area contributed by atoms with Crippen molar-refractivity contribution in [2.24, 2.45) is 0 Å². The zero-order valence-corrected chi connectivity index (χ0v) is 10.9. The van der Waals surface area contributed by atoms with Gasteiger partial charge in [0, 0.05) is 18.0 Å². The van der Waals surface area contributed by atoms with Crippen molar-refractivity contribution in [1.29, 1.82) is 0 Å². The van der Waals surface area contributed by atoms with E-state index in [-0.39, 0.29) is 5.91 Å². The maximum atomic E-state index is 12.3. The zero-order valence-electron chi connectivity index (χ0n) is 10.1. The van der Waals surface area contributed by atoms with E-state index in [1.54, 1.807) is 11.4 Å². The highest BCUT2D eigenvalue weighted by atomic mass is 32.1. The molecule has 1 amide bonds. The van der Waals surface area contributed by atoms with Crippen LogP contribution in [0.4, 0.5) is 0 Å². The molecule has 2 rings (SSSR count). The molecule has 0 aromatic carbocycles. The fraction of sp³-hybridized carbons (Fsp3) is 0.500. The summed E-state index contributed by atoms with van der Waals surface area (Å²) in [6.07, 6.45) is 2.25. The quantitative estimate of drug-likeness (QED) is 0.909. The fourth-order valence-corrected chi connectivity index (χ4v) is 2.92. The van der Waals surface area contributed by atoms with Gasteiger partial charge in [-0.2, -0.15) is 0 Å². The molecule has 0 radical (unpaired) electrons. The van der Waals surface area contributed by atoms with Crippen LogP contribution < -0.4 is 4.74 Å². The van der Waals surface area contributed by atoms with Crippen molar-refractivity contribution in [3.8, 4) is 5.75 Å². The van der Waals surface area contributed by atoms with Crippen molar-refractivity contribution in [1.82, 2.24) is 4.90 Å². The van der Waals surface area contributed by atoms with Gasteiger partial charge in [-0.25, -0.2) is 4.79 Å². The van der Waals surface area contributed by atoms with E-state index >= 15 is 0 Å². The van der Waals surface area contributed by atoms with Gasteiger partial charge in [-0.15, -0.1) is 11.3 Å². The van der Waals surface area contributed by atoms with Crippen LogP contribution in [0.2, 0.25) is 0 Å². The monoisotopic (exact) mass is 269 g/mol. The number of carbonyl (C=O) groups is 2. The van der Waals surface area contributed by atoms with Gasteiger partial charge in [0.2, 0.25) is 0 Å². The minimum absolute atomic E-state index is 0.213. The Bertz CT molecular complexity index is 457. The molecule has 1 atom stereocenters. The van der Waals surface area contributed by atoms with E-state index in [0.717, 1.165) is 12.8 Å². The first-order chi connectivity index (χ1) is 8.63. The summed E-state index contributed by atoms with van der Waals surface area (Å²) in [4.78, 5) is 25.4. The number of hydrogen-bond donors (Lipinski definition) is 1. The van der Waals surface area contributed by atoms with Crippen LogP contribution in [-0.2, 0) is 4.79 Å². The number of likely N-dealkylation sites (tertiary alicyclic amines) is 1. The number of amides is 1. The van der Waals surface area contributed by atoms with Gasteiger partial charge >= 0.3 is 5.97 Å². The molecule has 1 aromatic rings. The normalized spacial score (nSPS) is 19.6. The second kappa shape index (κ2) is 5.39. The SMILES string of the molecule is COc1csc(C(=O)N2CCCC[C@H]2C(=O)O)c1. The first-order valence-electron chi connectivity index (χ1n) is 5.80. The van der Waals surface area contributed by atoms with E-state index < -0.39 is 12.0 Å². The maximum Gasteiger partial charge on any atom is 0.326 e. The number of piperidine rings is 1. The number of carboxylic acid groups (broad SMARTS) is 1. The highest BCUT2D eigenvalue weighted by Crippen LogP contribution is 2.26. The number of thiophene rings is 1. The number of carbonyl (C=O) groups excluding carboxylic acids is 1. The topological polar surface area (TPSA) is 66.8 Å². The highest BCUT2D eigenvalue weighted by molar-refractivity contribution is 7.12. The van der Waals surface area contributed by atoms with E-state index in [2.05, 4.69) is 0 Å². The molecule has 0 spiro atoms. The number of methoxy groups -OCH3 is 1. The molecule has 2 heterocycles. The lowest BCUT2D eigenvalue weighted by Gasteiger charge is -2.32. The molecule has 1 aliphatic heterocycles. The van der Waals surface area contributed by atoms with Crippen molar-refractivity contribution in [2.75, 3.05) is 13.7 Å². The molecule has 0 saturated carbocycles. The summed E-state index contributed by atoms with van der Waals surface area (Å²) in [7, 11) is 1.54. The second-order valence-electron chi connectivity index (χ2n) is 4.20. The first-order valence-corrected chi connectivity index (χ1v) is 6.67. The van der Waals surface area contributed by atoms with E-state index in [9.17, 15) is 9.59 Å². The summed E-state index contributed by atoms with van der Waals surface area (Å²) < 4.78 is 5.03. The van der Waals surface area contributed by atoms with Crippen LogP contribution in [0.15, 0.2) is 11.4 Å². The van der Waals surface area contributed by atoms with Crippen LogP contribution >= 0.6 is 11.3 Å². The zero-order chi connectivity index (χ0) is 13.1. The third-order valence-electron chi connectivity index (χ3n) is 3.07.